The molecule has 0 spiro atoms. The topological polar surface area (TPSA) is 84.9 Å². The zero-order chi connectivity index (χ0) is 14.1. The summed E-state index contributed by atoms with van der Waals surface area (Å²) in [6.45, 7) is 5.46. The lowest BCUT2D eigenvalue weighted by molar-refractivity contribution is -0.169. The molecule has 7 heteroatoms. The Bertz CT molecular complexity index is 317. The van der Waals surface area contributed by atoms with Gasteiger partial charge in [-0.2, -0.15) is 11.8 Å². The van der Waals surface area contributed by atoms with Crippen molar-refractivity contribution in [1.82, 2.24) is 5.32 Å². The van der Waals surface area contributed by atoms with E-state index in [0.717, 1.165) is 18.8 Å². The van der Waals surface area contributed by atoms with E-state index in [9.17, 15) is 9.59 Å². The molecular formula is C12H19NO5S. The number of nitrogens with one attached hydrogen (secondary N) is 1. The van der Waals surface area contributed by atoms with E-state index in [0.29, 0.717) is 11.7 Å². The van der Waals surface area contributed by atoms with Crippen molar-refractivity contribution in [1.29, 1.82) is 0 Å². The molecule has 1 aliphatic heterocycles. The summed E-state index contributed by atoms with van der Waals surface area (Å²) in [7, 11) is 0. The normalized spacial score (nSPS) is 20.5. The Kier molecular flexibility index (Phi) is 7.54. The maximum atomic E-state index is 11.4. The van der Waals surface area contributed by atoms with Gasteiger partial charge in [0, 0.05) is 30.7 Å². The van der Waals surface area contributed by atoms with Crippen molar-refractivity contribution in [2.24, 2.45) is 0 Å². The number of rotatable bonds is 8. The monoisotopic (exact) mass is 289 g/mol. The first-order valence-corrected chi connectivity index (χ1v) is 7.14. The number of aliphatic carboxylic acids is 1. The van der Waals surface area contributed by atoms with Crippen LogP contribution < -0.4 is 5.32 Å². The van der Waals surface area contributed by atoms with Crippen LogP contribution in [0.25, 0.3) is 0 Å². The lowest BCUT2D eigenvalue weighted by Gasteiger charge is -2.22. The Balaban J connectivity index is 2.30. The van der Waals surface area contributed by atoms with Crippen LogP contribution in [0, 0.1) is 0 Å². The highest BCUT2D eigenvalue weighted by atomic mass is 32.2. The lowest BCUT2D eigenvalue weighted by Crippen LogP contribution is -2.37. The number of ether oxygens (including phenoxy) is 2. The summed E-state index contributed by atoms with van der Waals surface area (Å²) in [5.74, 6) is -1.18. The Morgan fingerprint density at radius 3 is 2.95 bits per heavy atom. The van der Waals surface area contributed by atoms with Crippen LogP contribution in [-0.2, 0) is 19.1 Å². The minimum absolute atomic E-state index is 0.0195. The number of hydrogen-bond donors (Lipinski definition) is 2. The lowest BCUT2D eigenvalue weighted by atomic mass is 10.3. The number of carbonyl (C=O) groups excluding carboxylic acids is 1. The van der Waals surface area contributed by atoms with Crippen LogP contribution >= 0.6 is 11.8 Å². The first-order chi connectivity index (χ1) is 9.15. The van der Waals surface area contributed by atoms with Crippen LogP contribution in [0.15, 0.2) is 12.7 Å². The maximum Gasteiger partial charge on any atom is 0.347 e. The van der Waals surface area contributed by atoms with Crippen LogP contribution in [-0.4, -0.2) is 60.5 Å². The summed E-state index contributed by atoms with van der Waals surface area (Å²) < 4.78 is 9.79. The second-order valence-electron chi connectivity index (χ2n) is 3.99. The molecule has 0 radical (unpaired) electrons. The Hall–Kier alpha value is -1.05. The zero-order valence-electron chi connectivity index (χ0n) is 10.7. The van der Waals surface area contributed by atoms with Crippen LogP contribution in [0.4, 0.5) is 0 Å². The average Bonchev–Trinajstić information content (AvgIpc) is 2.41. The molecule has 0 aromatic heterocycles. The quantitative estimate of drug-likeness (QED) is 0.377. The standard InChI is InChI=1S/C12H19NO5S/c1-2-5-18-12(16)10(11(14)15)17-6-3-9-8-13-4-7-19-9/h2,9-10,13H,1,3-8H2,(H,14,15). The van der Waals surface area contributed by atoms with Crippen LogP contribution in [0.5, 0.6) is 0 Å². The Labute approximate surface area is 116 Å². The molecule has 108 valence electrons. The third-order valence-corrected chi connectivity index (χ3v) is 3.82. The van der Waals surface area contributed by atoms with Gasteiger partial charge in [-0.1, -0.05) is 12.7 Å². The zero-order valence-corrected chi connectivity index (χ0v) is 11.5. The molecule has 2 atom stereocenters. The third kappa shape index (κ3) is 6.09. The van der Waals surface area contributed by atoms with Gasteiger partial charge in [-0.3, -0.25) is 0 Å². The van der Waals surface area contributed by atoms with Crippen LogP contribution in [0.1, 0.15) is 6.42 Å². The van der Waals surface area contributed by atoms with E-state index < -0.39 is 18.0 Å². The van der Waals surface area contributed by atoms with Crippen molar-refractivity contribution < 1.29 is 24.2 Å². The van der Waals surface area contributed by atoms with Crippen molar-refractivity contribution in [3.63, 3.8) is 0 Å². The fraction of sp³-hybridized carbons (Fsp3) is 0.667. The van der Waals surface area contributed by atoms with Gasteiger partial charge in [-0.15, -0.1) is 0 Å². The van der Waals surface area contributed by atoms with Crippen molar-refractivity contribution in [3.05, 3.63) is 12.7 Å². The van der Waals surface area contributed by atoms with E-state index in [4.69, 9.17) is 9.84 Å². The molecule has 0 saturated carbocycles. The van der Waals surface area contributed by atoms with E-state index in [1.54, 1.807) is 0 Å². The molecule has 0 amide bonds. The Morgan fingerprint density at radius 1 is 1.58 bits per heavy atom. The fourth-order valence-electron chi connectivity index (χ4n) is 1.58. The van der Waals surface area contributed by atoms with Crippen molar-refractivity contribution in [2.45, 2.75) is 17.8 Å². The van der Waals surface area contributed by atoms with Crippen molar-refractivity contribution in [3.8, 4) is 0 Å². The minimum atomic E-state index is -1.55. The predicted molar refractivity (Wildman–Crippen MR) is 72.3 cm³/mol. The third-order valence-electron chi connectivity index (χ3n) is 2.51. The average molecular weight is 289 g/mol. The molecule has 1 aliphatic rings. The summed E-state index contributed by atoms with van der Waals surface area (Å²) in [4.78, 5) is 22.3. The maximum absolute atomic E-state index is 11.4. The first kappa shape index (κ1) is 16.0. The number of thioether (sulfide) groups is 1. The van der Waals surface area contributed by atoms with E-state index in [2.05, 4.69) is 16.6 Å². The molecule has 1 heterocycles. The van der Waals surface area contributed by atoms with E-state index in [-0.39, 0.29) is 13.2 Å². The van der Waals surface area contributed by atoms with E-state index in [1.165, 1.54) is 6.08 Å². The second kappa shape index (κ2) is 8.95. The predicted octanol–water partition coefficient (Wildman–Crippen LogP) is 0.281. The number of carbonyl (C=O) groups is 2. The summed E-state index contributed by atoms with van der Waals surface area (Å²) in [5, 5.41) is 12.6. The van der Waals surface area contributed by atoms with Crippen LogP contribution in [0.2, 0.25) is 0 Å². The summed E-state index contributed by atoms with van der Waals surface area (Å²) in [6, 6.07) is 0. The highest BCUT2D eigenvalue weighted by molar-refractivity contribution is 8.00. The van der Waals surface area contributed by atoms with E-state index >= 15 is 0 Å². The molecule has 0 aromatic rings. The number of hydrogen-bond acceptors (Lipinski definition) is 6. The number of carboxylic acids is 1. The molecule has 2 unspecified atom stereocenters. The molecule has 1 saturated heterocycles. The Morgan fingerprint density at radius 2 is 2.37 bits per heavy atom. The smallest absolute Gasteiger partial charge is 0.347 e. The van der Waals surface area contributed by atoms with E-state index in [1.807, 2.05) is 11.8 Å². The number of carboxylic acid groups (broad SMARTS) is 1. The van der Waals surface area contributed by atoms with Gasteiger partial charge in [0.2, 0.25) is 0 Å². The van der Waals surface area contributed by atoms with Crippen molar-refractivity contribution >= 4 is 23.7 Å². The molecule has 19 heavy (non-hydrogen) atoms. The van der Waals surface area contributed by atoms with Gasteiger partial charge >= 0.3 is 11.9 Å². The van der Waals surface area contributed by atoms with Crippen molar-refractivity contribution in [2.75, 3.05) is 32.1 Å². The summed E-state index contributed by atoms with van der Waals surface area (Å²) >= 11 is 1.83. The first-order valence-electron chi connectivity index (χ1n) is 6.09. The highest BCUT2D eigenvalue weighted by Gasteiger charge is 2.29. The molecule has 1 rings (SSSR count). The van der Waals surface area contributed by atoms with Gasteiger partial charge in [-0.25, -0.2) is 9.59 Å². The van der Waals surface area contributed by atoms with Gasteiger partial charge in [0.25, 0.3) is 6.10 Å². The van der Waals surface area contributed by atoms with Gasteiger partial charge in [-0.05, 0) is 6.42 Å². The molecule has 0 aliphatic carbocycles. The minimum Gasteiger partial charge on any atom is -0.479 e. The fourth-order valence-corrected chi connectivity index (χ4v) is 2.67. The molecule has 0 bridgehead atoms. The largest absolute Gasteiger partial charge is 0.479 e. The summed E-state index contributed by atoms with van der Waals surface area (Å²) in [5.41, 5.74) is 0. The van der Waals surface area contributed by atoms with Gasteiger partial charge in [0.15, 0.2) is 0 Å². The molecule has 6 nitrogen and oxygen atoms in total. The summed E-state index contributed by atoms with van der Waals surface area (Å²) in [6.07, 6.45) is 0.527. The molecular weight excluding hydrogens is 270 g/mol. The molecule has 0 aromatic carbocycles. The number of esters is 1. The second-order valence-corrected chi connectivity index (χ2v) is 5.40. The highest BCUT2D eigenvalue weighted by Crippen LogP contribution is 2.16. The molecule has 1 fully saturated rings. The van der Waals surface area contributed by atoms with Gasteiger partial charge in [0.1, 0.15) is 6.61 Å². The van der Waals surface area contributed by atoms with Gasteiger partial charge < -0.3 is 19.9 Å². The SMILES string of the molecule is C=CCOC(=O)C(OCCC1CNCCS1)C(=O)O. The van der Waals surface area contributed by atoms with Crippen LogP contribution in [0.3, 0.4) is 0 Å². The van der Waals surface area contributed by atoms with Gasteiger partial charge in [0.05, 0.1) is 0 Å². The molecule has 2 N–H and O–H groups in total.